The largest absolute Gasteiger partial charge is 0.409 e. The molecule has 2 atom stereocenters. The second kappa shape index (κ2) is 6.17. The van der Waals surface area contributed by atoms with E-state index in [4.69, 9.17) is 4.74 Å². The smallest absolute Gasteiger partial charge is 0.337 e. The number of hydrogen-bond acceptors (Lipinski definition) is 3. The van der Waals surface area contributed by atoms with Crippen LogP contribution in [0.4, 0.5) is 0 Å². The van der Waals surface area contributed by atoms with Crippen molar-refractivity contribution >= 4 is 5.97 Å². The van der Waals surface area contributed by atoms with Crippen LogP contribution in [0.25, 0.3) is 0 Å². The lowest BCUT2D eigenvalue weighted by Gasteiger charge is -2.43. The van der Waals surface area contributed by atoms with E-state index in [0.29, 0.717) is 10.1 Å². The summed E-state index contributed by atoms with van der Waals surface area (Å²) in [6, 6.07) is 0. The Balaban J connectivity index is 4.86. The van der Waals surface area contributed by atoms with Crippen LogP contribution < -0.4 is 0 Å². The van der Waals surface area contributed by atoms with Gasteiger partial charge in [0.15, 0.2) is 0 Å². The minimum atomic E-state index is -0.311. The molecule has 0 fully saturated rings. The molecule has 0 aromatic heterocycles. The molecule has 0 aromatic rings. The molecule has 100 valence electrons. The minimum Gasteiger partial charge on any atom is -0.409 e. The van der Waals surface area contributed by atoms with E-state index in [-0.39, 0.29) is 18.4 Å². The SMILES string of the molecule is C=C(C)C(=O)OC(CC)[N+](C)(C)C(C)N(C)C. The Kier molecular flexibility index (Phi) is 5.85. The van der Waals surface area contributed by atoms with Gasteiger partial charge >= 0.3 is 5.97 Å². The van der Waals surface area contributed by atoms with Gasteiger partial charge in [-0.25, -0.2) is 4.79 Å². The molecule has 0 aliphatic rings. The first kappa shape index (κ1) is 16.1. The summed E-state index contributed by atoms with van der Waals surface area (Å²) in [7, 11) is 8.20. The lowest BCUT2D eigenvalue weighted by molar-refractivity contribution is -0.965. The summed E-state index contributed by atoms with van der Waals surface area (Å²) >= 11 is 0. The number of quaternary nitrogens is 1. The second-order valence-electron chi connectivity index (χ2n) is 5.27. The first-order valence-corrected chi connectivity index (χ1v) is 6.00. The molecule has 0 spiro atoms. The van der Waals surface area contributed by atoms with Gasteiger partial charge in [-0.05, 0) is 21.0 Å². The predicted molar refractivity (Wildman–Crippen MR) is 70.2 cm³/mol. The summed E-state index contributed by atoms with van der Waals surface area (Å²) in [6.07, 6.45) is 0.888. The summed E-state index contributed by atoms with van der Waals surface area (Å²) in [4.78, 5) is 13.7. The first-order chi connectivity index (χ1) is 7.64. The number of rotatable bonds is 6. The fourth-order valence-corrected chi connectivity index (χ4v) is 1.75. The van der Waals surface area contributed by atoms with Crippen LogP contribution in [0, 0.1) is 0 Å². The molecular formula is C13H27N2O2+. The van der Waals surface area contributed by atoms with Gasteiger partial charge in [0, 0.05) is 18.9 Å². The van der Waals surface area contributed by atoms with Gasteiger partial charge in [-0.1, -0.05) is 13.5 Å². The van der Waals surface area contributed by atoms with E-state index in [1.54, 1.807) is 6.92 Å². The van der Waals surface area contributed by atoms with Crippen molar-refractivity contribution in [2.45, 2.75) is 39.6 Å². The van der Waals surface area contributed by atoms with Crippen LogP contribution >= 0.6 is 0 Å². The number of nitrogens with zero attached hydrogens (tertiary/aromatic N) is 2. The number of ether oxygens (including phenoxy) is 1. The van der Waals surface area contributed by atoms with Crippen LogP contribution in [0.5, 0.6) is 0 Å². The van der Waals surface area contributed by atoms with E-state index in [1.807, 2.05) is 21.0 Å². The monoisotopic (exact) mass is 243 g/mol. The zero-order valence-electron chi connectivity index (χ0n) is 12.3. The minimum absolute atomic E-state index is 0.156. The highest BCUT2D eigenvalue weighted by Crippen LogP contribution is 2.19. The lowest BCUT2D eigenvalue weighted by Crippen LogP contribution is -2.60. The van der Waals surface area contributed by atoms with Crippen molar-refractivity contribution in [2.75, 3.05) is 28.2 Å². The van der Waals surface area contributed by atoms with E-state index in [1.165, 1.54) is 0 Å². The molecule has 0 rings (SSSR count). The van der Waals surface area contributed by atoms with E-state index in [0.717, 1.165) is 6.42 Å². The molecule has 0 aliphatic heterocycles. The molecule has 0 heterocycles. The van der Waals surface area contributed by atoms with Gasteiger partial charge in [0.25, 0.3) is 0 Å². The summed E-state index contributed by atoms with van der Waals surface area (Å²) in [5, 5.41) is 0. The van der Waals surface area contributed by atoms with Gasteiger partial charge in [-0.2, -0.15) is 0 Å². The van der Waals surface area contributed by atoms with Crippen molar-refractivity contribution in [2.24, 2.45) is 0 Å². The normalized spacial score (nSPS) is 15.5. The molecule has 0 N–H and O–H groups in total. The fraction of sp³-hybridized carbons (Fsp3) is 0.769. The van der Waals surface area contributed by atoms with Crippen LogP contribution in [0.2, 0.25) is 0 Å². The maximum atomic E-state index is 11.6. The molecule has 4 heteroatoms. The van der Waals surface area contributed by atoms with Gasteiger partial charge < -0.3 is 4.74 Å². The molecule has 4 nitrogen and oxygen atoms in total. The number of carbonyl (C=O) groups excluding carboxylic acids is 1. The van der Waals surface area contributed by atoms with Crippen molar-refractivity contribution in [3.63, 3.8) is 0 Å². The maximum absolute atomic E-state index is 11.6. The van der Waals surface area contributed by atoms with Gasteiger partial charge in [0.1, 0.15) is 6.17 Å². The molecule has 0 amide bonds. The van der Waals surface area contributed by atoms with Gasteiger partial charge in [-0.15, -0.1) is 0 Å². The van der Waals surface area contributed by atoms with Crippen molar-refractivity contribution in [3.05, 3.63) is 12.2 Å². The average Bonchev–Trinajstić information content (AvgIpc) is 2.23. The Morgan fingerprint density at radius 3 is 2.18 bits per heavy atom. The second-order valence-corrected chi connectivity index (χ2v) is 5.27. The molecule has 2 unspecified atom stereocenters. The van der Waals surface area contributed by atoms with Crippen LogP contribution in [-0.4, -0.2) is 55.9 Å². The third-order valence-electron chi connectivity index (χ3n) is 3.39. The Labute approximate surface area is 105 Å². The van der Waals surface area contributed by atoms with E-state index in [2.05, 4.69) is 32.5 Å². The molecule has 0 saturated heterocycles. The highest BCUT2D eigenvalue weighted by atomic mass is 16.6. The molecule has 0 bridgehead atoms. The first-order valence-electron chi connectivity index (χ1n) is 6.00. The standard InChI is InChI=1S/C13H27N2O2/c1-9-12(17-13(16)10(2)3)15(7,8)11(4)14(5)6/h11-12H,2,9H2,1,3-8H3/q+1. The maximum Gasteiger partial charge on any atom is 0.337 e. The zero-order valence-corrected chi connectivity index (χ0v) is 12.3. The Bertz CT molecular complexity index is 285. The Morgan fingerprint density at radius 2 is 1.88 bits per heavy atom. The van der Waals surface area contributed by atoms with Crippen molar-refractivity contribution < 1.29 is 14.0 Å². The predicted octanol–water partition coefficient (Wildman–Crippen LogP) is 1.83. The van der Waals surface area contributed by atoms with E-state index in [9.17, 15) is 4.79 Å². The molecule has 0 saturated carbocycles. The highest BCUT2D eigenvalue weighted by Gasteiger charge is 2.36. The lowest BCUT2D eigenvalue weighted by atomic mass is 10.2. The van der Waals surface area contributed by atoms with Gasteiger partial charge in [-0.3, -0.25) is 9.38 Å². The summed E-state index contributed by atoms with van der Waals surface area (Å²) in [5.74, 6) is -0.311. The van der Waals surface area contributed by atoms with Crippen molar-refractivity contribution in [1.29, 1.82) is 0 Å². The third kappa shape index (κ3) is 4.13. The molecule has 0 radical (unpaired) electrons. The third-order valence-corrected chi connectivity index (χ3v) is 3.39. The molecular weight excluding hydrogens is 216 g/mol. The van der Waals surface area contributed by atoms with Crippen molar-refractivity contribution in [3.8, 4) is 0 Å². The Hall–Kier alpha value is -0.870. The van der Waals surface area contributed by atoms with Gasteiger partial charge in [0.2, 0.25) is 6.23 Å². The zero-order chi connectivity index (χ0) is 13.8. The molecule has 17 heavy (non-hydrogen) atoms. The summed E-state index contributed by atoms with van der Waals surface area (Å²) < 4.78 is 6.12. The summed E-state index contributed by atoms with van der Waals surface area (Å²) in [6.45, 7) is 9.43. The van der Waals surface area contributed by atoms with E-state index < -0.39 is 0 Å². The van der Waals surface area contributed by atoms with Crippen LogP contribution in [-0.2, 0) is 9.53 Å². The molecule has 0 aromatic carbocycles. The fourth-order valence-electron chi connectivity index (χ4n) is 1.75. The van der Waals surface area contributed by atoms with Crippen LogP contribution in [0.3, 0.4) is 0 Å². The molecule has 0 aliphatic carbocycles. The quantitative estimate of drug-likeness (QED) is 0.308. The summed E-state index contributed by atoms with van der Waals surface area (Å²) in [5.41, 5.74) is 0.445. The van der Waals surface area contributed by atoms with Crippen LogP contribution in [0.1, 0.15) is 27.2 Å². The number of hydrogen-bond donors (Lipinski definition) is 0. The van der Waals surface area contributed by atoms with E-state index >= 15 is 0 Å². The topological polar surface area (TPSA) is 29.5 Å². The highest BCUT2D eigenvalue weighted by molar-refractivity contribution is 5.86. The number of esters is 1. The number of carbonyl (C=O) groups is 1. The van der Waals surface area contributed by atoms with Gasteiger partial charge in [0.05, 0.1) is 14.1 Å². The average molecular weight is 243 g/mol. The van der Waals surface area contributed by atoms with Crippen molar-refractivity contribution in [1.82, 2.24) is 4.90 Å². The Morgan fingerprint density at radius 1 is 1.41 bits per heavy atom. The van der Waals surface area contributed by atoms with Crippen LogP contribution in [0.15, 0.2) is 12.2 Å².